The van der Waals surface area contributed by atoms with E-state index in [9.17, 15) is 13.2 Å². The zero-order chi connectivity index (χ0) is 31.0. The van der Waals surface area contributed by atoms with Crippen LogP contribution in [0.3, 0.4) is 0 Å². The molecule has 0 saturated heterocycles. The molecule has 226 valence electrons. The Morgan fingerprint density at radius 1 is 0.791 bits per heavy atom. The van der Waals surface area contributed by atoms with E-state index in [2.05, 4.69) is 17.4 Å². The second kappa shape index (κ2) is 14.2. The van der Waals surface area contributed by atoms with Crippen molar-refractivity contribution in [3.63, 3.8) is 0 Å². The molecule has 11 heteroatoms. The Bertz CT molecular complexity index is 1680. The van der Waals surface area contributed by atoms with Gasteiger partial charge in [-0.2, -0.15) is 0 Å². The lowest BCUT2D eigenvalue weighted by Gasteiger charge is -2.26. The van der Waals surface area contributed by atoms with Crippen LogP contribution in [0.5, 0.6) is 23.0 Å². The van der Waals surface area contributed by atoms with Crippen LogP contribution in [0.25, 0.3) is 0 Å². The van der Waals surface area contributed by atoms with Gasteiger partial charge in [0, 0.05) is 28.5 Å². The number of rotatable bonds is 13. The molecule has 0 aliphatic carbocycles. The van der Waals surface area contributed by atoms with Crippen LogP contribution in [0.2, 0.25) is 0 Å². The summed E-state index contributed by atoms with van der Waals surface area (Å²) in [7, 11) is 1.46. The number of aryl methyl sites for hydroxylation is 1. The standard InChI is InChI=1S/C32H34N2O7S2/c1-22-17-23(21-42-25-9-7-6-8-10-25)11-14-27(22)33-32(35)20-34(28-18-24(38-2)12-15-29(28)39-3)43(36,37)26-13-16-30(40-4)31(19-26)41-5/h6-19H,20-21H2,1-5H3,(H,33,35). The fourth-order valence-corrected chi connectivity index (χ4v) is 6.66. The summed E-state index contributed by atoms with van der Waals surface area (Å²) < 4.78 is 50.6. The Labute approximate surface area is 256 Å². The lowest BCUT2D eigenvalue weighted by Crippen LogP contribution is -2.38. The van der Waals surface area contributed by atoms with Crippen LogP contribution in [0.4, 0.5) is 11.4 Å². The van der Waals surface area contributed by atoms with Gasteiger partial charge in [-0.1, -0.05) is 30.3 Å². The third kappa shape index (κ3) is 7.54. The number of carbonyl (C=O) groups excluding carboxylic acids is 1. The molecule has 0 unspecified atom stereocenters. The van der Waals surface area contributed by atoms with Gasteiger partial charge >= 0.3 is 0 Å². The van der Waals surface area contributed by atoms with E-state index in [1.54, 1.807) is 23.9 Å². The molecule has 4 rings (SSSR count). The van der Waals surface area contributed by atoms with Gasteiger partial charge in [0.15, 0.2) is 11.5 Å². The van der Waals surface area contributed by atoms with Crippen LogP contribution in [0, 0.1) is 6.92 Å². The number of sulfonamides is 1. The minimum Gasteiger partial charge on any atom is -0.497 e. The highest BCUT2D eigenvalue weighted by Crippen LogP contribution is 2.37. The first-order valence-corrected chi connectivity index (χ1v) is 15.7. The zero-order valence-corrected chi connectivity index (χ0v) is 26.3. The van der Waals surface area contributed by atoms with Gasteiger partial charge in [-0.15, -0.1) is 11.8 Å². The van der Waals surface area contributed by atoms with Crippen molar-refractivity contribution in [3.8, 4) is 23.0 Å². The van der Waals surface area contributed by atoms with Crippen LogP contribution in [-0.4, -0.2) is 49.3 Å². The van der Waals surface area contributed by atoms with Crippen molar-refractivity contribution in [2.45, 2.75) is 22.5 Å². The maximum Gasteiger partial charge on any atom is 0.265 e. The van der Waals surface area contributed by atoms with Crippen molar-refractivity contribution in [2.75, 3.05) is 44.6 Å². The Balaban J connectivity index is 1.63. The van der Waals surface area contributed by atoms with E-state index in [1.165, 1.54) is 57.6 Å². The quantitative estimate of drug-likeness (QED) is 0.177. The molecule has 1 amide bonds. The number of carbonyl (C=O) groups is 1. The van der Waals surface area contributed by atoms with Crippen molar-refractivity contribution in [3.05, 3.63) is 96.1 Å². The monoisotopic (exact) mass is 622 g/mol. The number of nitrogens with zero attached hydrogens (tertiary/aromatic N) is 1. The maximum atomic E-state index is 14.1. The first-order valence-electron chi connectivity index (χ1n) is 13.2. The summed E-state index contributed by atoms with van der Waals surface area (Å²) in [5.41, 5.74) is 2.67. The topological polar surface area (TPSA) is 103 Å². The summed E-state index contributed by atoms with van der Waals surface area (Å²) in [4.78, 5) is 14.5. The summed E-state index contributed by atoms with van der Waals surface area (Å²) in [6, 6.07) is 24.9. The molecule has 0 aliphatic heterocycles. The number of hydrogen-bond donors (Lipinski definition) is 1. The number of nitrogens with one attached hydrogen (secondary N) is 1. The minimum absolute atomic E-state index is 0.0979. The maximum absolute atomic E-state index is 14.1. The number of anilines is 2. The number of hydrogen-bond acceptors (Lipinski definition) is 8. The molecule has 4 aromatic carbocycles. The first-order chi connectivity index (χ1) is 20.7. The number of ether oxygens (including phenoxy) is 4. The lowest BCUT2D eigenvalue weighted by atomic mass is 10.1. The third-order valence-corrected chi connectivity index (χ3v) is 9.44. The number of thioether (sulfide) groups is 1. The van der Waals surface area contributed by atoms with Gasteiger partial charge in [0.25, 0.3) is 10.0 Å². The molecule has 0 radical (unpaired) electrons. The Morgan fingerprint density at radius 2 is 1.49 bits per heavy atom. The van der Waals surface area contributed by atoms with Crippen LogP contribution in [0.1, 0.15) is 11.1 Å². The molecule has 1 N–H and O–H groups in total. The molecule has 0 atom stereocenters. The molecule has 0 fully saturated rings. The van der Waals surface area contributed by atoms with E-state index in [-0.39, 0.29) is 22.1 Å². The Morgan fingerprint density at radius 3 is 2.14 bits per heavy atom. The van der Waals surface area contributed by atoms with E-state index in [1.807, 2.05) is 43.3 Å². The average molecular weight is 623 g/mol. The molecule has 9 nitrogen and oxygen atoms in total. The van der Waals surface area contributed by atoms with E-state index < -0.39 is 22.5 Å². The summed E-state index contributed by atoms with van der Waals surface area (Å²) in [6.07, 6.45) is 0. The average Bonchev–Trinajstić information content (AvgIpc) is 3.03. The van der Waals surface area contributed by atoms with Crippen molar-refractivity contribution in [1.29, 1.82) is 0 Å². The van der Waals surface area contributed by atoms with Gasteiger partial charge in [-0.25, -0.2) is 8.42 Å². The van der Waals surface area contributed by atoms with E-state index in [0.29, 0.717) is 17.2 Å². The molecule has 0 heterocycles. The summed E-state index contributed by atoms with van der Waals surface area (Å²) in [6.45, 7) is 1.36. The summed E-state index contributed by atoms with van der Waals surface area (Å²) in [5.74, 6) is 1.46. The molecule has 0 aromatic heterocycles. The fourth-order valence-electron chi connectivity index (χ4n) is 4.35. The predicted molar refractivity (Wildman–Crippen MR) is 169 cm³/mol. The number of amides is 1. The predicted octanol–water partition coefficient (Wildman–Crippen LogP) is 6.16. The van der Waals surface area contributed by atoms with E-state index in [0.717, 1.165) is 21.2 Å². The first kappa shape index (κ1) is 31.6. The van der Waals surface area contributed by atoms with Crippen molar-refractivity contribution < 1.29 is 32.2 Å². The van der Waals surface area contributed by atoms with Gasteiger partial charge in [0.1, 0.15) is 18.0 Å². The van der Waals surface area contributed by atoms with E-state index in [4.69, 9.17) is 18.9 Å². The van der Waals surface area contributed by atoms with Gasteiger partial charge in [-0.3, -0.25) is 9.10 Å². The van der Waals surface area contributed by atoms with Crippen LogP contribution < -0.4 is 28.6 Å². The smallest absolute Gasteiger partial charge is 0.265 e. The highest BCUT2D eigenvalue weighted by atomic mass is 32.2. The van der Waals surface area contributed by atoms with Gasteiger partial charge in [0.05, 0.1) is 39.0 Å². The number of methoxy groups -OCH3 is 4. The third-order valence-electron chi connectivity index (χ3n) is 6.60. The molecular formula is C32H34N2O7S2. The molecule has 0 saturated carbocycles. The van der Waals surface area contributed by atoms with Gasteiger partial charge < -0.3 is 24.3 Å². The fraction of sp³-hybridized carbons (Fsp3) is 0.219. The summed E-state index contributed by atoms with van der Waals surface area (Å²) in [5, 5.41) is 2.87. The van der Waals surface area contributed by atoms with Gasteiger partial charge in [0.2, 0.25) is 5.91 Å². The second-order valence-electron chi connectivity index (χ2n) is 9.37. The lowest BCUT2D eigenvalue weighted by molar-refractivity contribution is -0.114. The molecule has 0 spiro atoms. The highest BCUT2D eigenvalue weighted by molar-refractivity contribution is 7.98. The minimum atomic E-state index is -4.31. The van der Waals surface area contributed by atoms with Crippen molar-refractivity contribution in [2.24, 2.45) is 0 Å². The van der Waals surface area contributed by atoms with Crippen molar-refractivity contribution >= 4 is 39.1 Å². The Kier molecular flexibility index (Phi) is 10.4. The second-order valence-corrected chi connectivity index (χ2v) is 12.3. The molecule has 4 aromatic rings. The Hall–Kier alpha value is -4.35. The van der Waals surface area contributed by atoms with Crippen molar-refractivity contribution in [1.82, 2.24) is 0 Å². The largest absolute Gasteiger partial charge is 0.497 e. The van der Waals surface area contributed by atoms with E-state index >= 15 is 0 Å². The summed E-state index contributed by atoms with van der Waals surface area (Å²) >= 11 is 1.72. The molecule has 0 bridgehead atoms. The van der Waals surface area contributed by atoms with Crippen LogP contribution in [0.15, 0.2) is 94.7 Å². The SMILES string of the molecule is COc1ccc(OC)c(N(CC(=O)Nc2ccc(CSc3ccccc3)cc2C)S(=O)(=O)c2ccc(OC)c(OC)c2)c1. The normalized spacial score (nSPS) is 11.0. The van der Waals surface area contributed by atoms with Gasteiger partial charge in [-0.05, 0) is 60.5 Å². The highest BCUT2D eigenvalue weighted by Gasteiger charge is 2.31. The zero-order valence-electron chi connectivity index (χ0n) is 24.6. The molecular weight excluding hydrogens is 588 g/mol. The van der Waals surface area contributed by atoms with Crippen LogP contribution in [-0.2, 0) is 20.6 Å². The molecule has 0 aliphatic rings. The van der Waals surface area contributed by atoms with Crippen LogP contribution >= 0.6 is 11.8 Å². The number of benzene rings is 4. The molecule has 43 heavy (non-hydrogen) atoms.